The number of hydrogen-bond acceptors (Lipinski definition) is 6. The van der Waals surface area contributed by atoms with E-state index in [1.807, 2.05) is 66.7 Å². The lowest BCUT2D eigenvalue weighted by Crippen LogP contribution is -2.36. The lowest BCUT2D eigenvalue weighted by molar-refractivity contribution is -0.118. The van der Waals surface area contributed by atoms with Crippen molar-refractivity contribution in [3.8, 4) is 11.8 Å². The van der Waals surface area contributed by atoms with Crippen LogP contribution in [0, 0.1) is 17.2 Å². The van der Waals surface area contributed by atoms with Crippen LogP contribution in [0.2, 0.25) is 0 Å². The highest BCUT2D eigenvalue weighted by molar-refractivity contribution is 8.03. The number of rotatable bonds is 9. The van der Waals surface area contributed by atoms with Gasteiger partial charge in [0.25, 0.3) is 0 Å². The summed E-state index contributed by atoms with van der Waals surface area (Å²) in [7, 11) is 1.54. The number of hydrogen-bond donors (Lipinski definition) is 2. The normalized spacial score (nSPS) is 16.6. The Hall–Kier alpha value is -4.35. The quantitative estimate of drug-likeness (QED) is 0.306. The maximum Gasteiger partial charge on any atom is 0.234 e. The van der Waals surface area contributed by atoms with Gasteiger partial charge in [0, 0.05) is 17.3 Å². The largest absolute Gasteiger partial charge is 0.495 e. The Labute approximate surface area is 239 Å². The van der Waals surface area contributed by atoms with Crippen molar-refractivity contribution in [2.24, 2.45) is 10.9 Å². The summed E-state index contributed by atoms with van der Waals surface area (Å²) in [6.07, 6.45) is 0. The number of carbonyl (C=O) groups excluding carboxylic acids is 2. The first-order chi connectivity index (χ1) is 19.3. The van der Waals surface area contributed by atoms with Crippen LogP contribution in [0.1, 0.15) is 43.7 Å². The number of methoxy groups -OCH3 is 1. The van der Waals surface area contributed by atoms with E-state index in [1.165, 1.54) is 17.3 Å². The fraction of sp³-hybridized carbons (Fsp3) is 0.250. The minimum absolute atomic E-state index is 0.0722. The molecule has 2 atom stereocenters. The summed E-state index contributed by atoms with van der Waals surface area (Å²) in [5.41, 5.74) is 4.18. The van der Waals surface area contributed by atoms with Crippen molar-refractivity contribution in [1.82, 2.24) is 0 Å². The summed E-state index contributed by atoms with van der Waals surface area (Å²) < 4.78 is 5.40. The number of para-hydroxylation sites is 2. The molecule has 1 aliphatic rings. The molecule has 0 unspecified atom stereocenters. The molecule has 0 bridgehead atoms. The van der Waals surface area contributed by atoms with Crippen LogP contribution >= 0.6 is 11.8 Å². The van der Waals surface area contributed by atoms with Gasteiger partial charge in [-0.2, -0.15) is 5.26 Å². The van der Waals surface area contributed by atoms with Crippen LogP contribution < -0.4 is 15.4 Å². The van der Waals surface area contributed by atoms with Crippen molar-refractivity contribution >= 4 is 40.7 Å². The Morgan fingerprint density at radius 3 is 2.33 bits per heavy atom. The number of allylic oxidation sites excluding steroid dienone is 1. The number of anilines is 2. The van der Waals surface area contributed by atoms with E-state index >= 15 is 0 Å². The summed E-state index contributed by atoms with van der Waals surface area (Å²) in [5.74, 6) is -0.765. The van der Waals surface area contributed by atoms with Crippen molar-refractivity contribution in [2.45, 2.75) is 32.6 Å². The fourth-order valence-electron chi connectivity index (χ4n) is 4.66. The van der Waals surface area contributed by atoms with E-state index in [1.54, 1.807) is 26.2 Å². The Morgan fingerprint density at radius 1 is 1.00 bits per heavy atom. The molecule has 0 fully saturated rings. The van der Waals surface area contributed by atoms with Gasteiger partial charge in [0.15, 0.2) is 0 Å². The summed E-state index contributed by atoms with van der Waals surface area (Å²) in [5, 5.41) is 16.6. The van der Waals surface area contributed by atoms with Crippen LogP contribution in [0.3, 0.4) is 0 Å². The molecule has 1 heterocycles. The van der Waals surface area contributed by atoms with E-state index in [4.69, 9.17) is 4.74 Å². The molecule has 2 N–H and O–H groups in total. The van der Waals surface area contributed by atoms with Gasteiger partial charge >= 0.3 is 0 Å². The molecule has 204 valence electrons. The topological polar surface area (TPSA) is 104 Å². The molecule has 3 aromatic rings. The van der Waals surface area contributed by atoms with Crippen molar-refractivity contribution in [3.05, 3.63) is 101 Å². The van der Waals surface area contributed by atoms with Gasteiger partial charge in [-0.25, -0.2) is 4.99 Å². The van der Waals surface area contributed by atoms with E-state index < -0.39 is 11.8 Å². The molecule has 0 radical (unpaired) electrons. The maximum absolute atomic E-state index is 13.7. The molecule has 0 saturated heterocycles. The highest BCUT2D eigenvalue weighted by atomic mass is 32.2. The summed E-state index contributed by atoms with van der Waals surface area (Å²) in [4.78, 5) is 31.1. The van der Waals surface area contributed by atoms with E-state index in [0.717, 1.165) is 5.56 Å². The molecule has 1 aliphatic heterocycles. The molecule has 0 aliphatic carbocycles. The monoisotopic (exact) mass is 552 g/mol. The molecule has 4 rings (SSSR count). The zero-order chi connectivity index (χ0) is 28.6. The number of amides is 2. The average Bonchev–Trinajstić information content (AvgIpc) is 2.96. The standard InChI is InChI=1S/C32H32N4O3S/c1-20(2)22-14-16-24(17-15-22)35-28(37)19-40-32-25(18-33)30(23-10-6-5-7-11-23)29(21(3)34-32)31(38)36-26-12-8-9-13-27(26)39-4/h5-17,20,29-30H,19H2,1-4H3,(H,35,37)(H,36,38)/t29-,30-/m0/s1. The summed E-state index contributed by atoms with van der Waals surface area (Å²) >= 11 is 1.20. The third-order valence-electron chi connectivity index (χ3n) is 6.73. The lowest BCUT2D eigenvalue weighted by Gasteiger charge is -2.31. The third kappa shape index (κ3) is 6.61. The highest BCUT2D eigenvalue weighted by Gasteiger charge is 2.39. The molecular weight excluding hydrogens is 520 g/mol. The Morgan fingerprint density at radius 2 is 1.68 bits per heavy atom. The van der Waals surface area contributed by atoms with Crippen LogP contribution in [0.15, 0.2) is 94.5 Å². The van der Waals surface area contributed by atoms with Crippen LogP contribution in [-0.2, 0) is 9.59 Å². The van der Waals surface area contributed by atoms with Crippen molar-refractivity contribution in [2.75, 3.05) is 23.5 Å². The molecule has 0 spiro atoms. The first kappa shape index (κ1) is 28.7. The van der Waals surface area contributed by atoms with E-state index in [-0.39, 0.29) is 17.6 Å². The maximum atomic E-state index is 13.7. The second-order valence-corrected chi connectivity index (χ2v) is 10.7. The van der Waals surface area contributed by atoms with E-state index in [0.29, 0.717) is 39.4 Å². The fourth-order valence-corrected chi connectivity index (χ4v) is 5.54. The number of ether oxygens (including phenoxy) is 1. The van der Waals surface area contributed by atoms with Crippen LogP contribution in [0.25, 0.3) is 0 Å². The number of carbonyl (C=O) groups is 2. The lowest BCUT2D eigenvalue weighted by atomic mass is 9.77. The number of nitrogens with zero attached hydrogens (tertiary/aromatic N) is 2. The summed E-state index contributed by atoms with van der Waals surface area (Å²) in [6.45, 7) is 6.02. The van der Waals surface area contributed by atoms with E-state index in [2.05, 4.69) is 35.5 Å². The SMILES string of the molecule is COc1ccccc1NC(=O)[C@H]1C(C)=NC(SCC(=O)Nc2ccc(C(C)C)cc2)=C(C#N)[C@@H]1c1ccccc1. The van der Waals surface area contributed by atoms with Crippen LogP contribution in [0.5, 0.6) is 5.75 Å². The first-order valence-corrected chi connectivity index (χ1v) is 14.0. The van der Waals surface area contributed by atoms with Crippen LogP contribution in [0.4, 0.5) is 11.4 Å². The molecule has 0 saturated carbocycles. The zero-order valence-corrected chi connectivity index (χ0v) is 23.8. The minimum Gasteiger partial charge on any atom is -0.495 e. The number of thioether (sulfide) groups is 1. The Bertz CT molecular complexity index is 1470. The highest BCUT2D eigenvalue weighted by Crippen LogP contribution is 2.42. The Balaban J connectivity index is 1.58. The zero-order valence-electron chi connectivity index (χ0n) is 23.0. The number of benzene rings is 3. The smallest absolute Gasteiger partial charge is 0.234 e. The third-order valence-corrected chi connectivity index (χ3v) is 7.72. The van der Waals surface area contributed by atoms with Crippen molar-refractivity contribution in [3.63, 3.8) is 0 Å². The summed E-state index contributed by atoms with van der Waals surface area (Å²) in [6, 6.07) is 26.7. The van der Waals surface area contributed by atoms with Crippen molar-refractivity contribution in [1.29, 1.82) is 5.26 Å². The van der Waals surface area contributed by atoms with Crippen molar-refractivity contribution < 1.29 is 14.3 Å². The predicted octanol–water partition coefficient (Wildman–Crippen LogP) is 6.74. The van der Waals surface area contributed by atoms with Gasteiger partial charge in [0.05, 0.1) is 36.1 Å². The molecule has 2 amide bonds. The van der Waals surface area contributed by atoms with Gasteiger partial charge < -0.3 is 15.4 Å². The van der Waals surface area contributed by atoms with Gasteiger partial charge in [-0.3, -0.25) is 9.59 Å². The number of nitrogens with one attached hydrogen (secondary N) is 2. The van der Waals surface area contributed by atoms with Gasteiger partial charge in [0.1, 0.15) is 10.8 Å². The molecule has 40 heavy (non-hydrogen) atoms. The van der Waals surface area contributed by atoms with Gasteiger partial charge in [-0.1, -0.05) is 80.2 Å². The average molecular weight is 553 g/mol. The second kappa shape index (κ2) is 13.1. The minimum atomic E-state index is -0.723. The molecule has 0 aromatic heterocycles. The van der Waals surface area contributed by atoms with Gasteiger partial charge in [0.2, 0.25) is 11.8 Å². The van der Waals surface area contributed by atoms with Gasteiger partial charge in [-0.05, 0) is 48.2 Å². The Kier molecular flexibility index (Phi) is 9.41. The van der Waals surface area contributed by atoms with Gasteiger partial charge in [-0.15, -0.1) is 0 Å². The molecule has 8 heteroatoms. The molecule has 3 aromatic carbocycles. The molecule has 7 nitrogen and oxygen atoms in total. The predicted molar refractivity (Wildman–Crippen MR) is 162 cm³/mol. The molecular formula is C32H32N4O3S. The van der Waals surface area contributed by atoms with E-state index in [9.17, 15) is 14.9 Å². The second-order valence-electron chi connectivity index (χ2n) is 9.75. The first-order valence-electron chi connectivity index (χ1n) is 13.0. The number of aliphatic imine (C=N–C) groups is 1. The number of nitriles is 1. The van der Waals surface area contributed by atoms with Crippen LogP contribution in [-0.4, -0.2) is 30.4 Å².